The first-order valence-electron chi connectivity index (χ1n) is 11.1. The number of nitrogens with zero attached hydrogens (tertiary/aromatic N) is 3. The number of fused-ring (bicyclic) bond motifs is 1. The van der Waals surface area contributed by atoms with Gasteiger partial charge in [-0.25, -0.2) is 9.97 Å². The Balaban J connectivity index is 1.25. The molecule has 34 heavy (non-hydrogen) atoms. The molecule has 5 rings (SSSR count). The number of carbonyl (C=O) groups is 2. The van der Waals surface area contributed by atoms with Gasteiger partial charge in [-0.15, -0.1) is 11.3 Å². The summed E-state index contributed by atoms with van der Waals surface area (Å²) in [6.45, 7) is 3.31. The van der Waals surface area contributed by atoms with Crippen molar-refractivity contribution in [1.29, 1.82) is 0 Å². The number of aryl methyl sites for hydroxylation is 1. The minimum absolute atomic E-state index is 0.0139. The van der Waals surface area contributed by atoms with Gasteiger partial charge in [0, 0.05) is 30.5 Å². The summed E-state index contributed by atoms with van der Waals surface area (Å²) in [6.07, 6.45) is 3.28. The molecule has 8 heteroatoms. The number of piperidine rings is 1. The lowest BCUT2D eigenvalue weighted by Crippen LogP contribution is -2.38. The molecule has 1 saturated heterocycles. The zero-order valence-electron chi connectivity index (χ0n) is 18.6. The van der Waals surface area contributed by atoms with E-state index >= 15 is 0 Å². The second-order valence-electron chi connectivity index (χ2n) is 8.50. The van der Waals surface area contributed by atoms with E-state index < -0.39 is 0 Å². The van der Waals surface area contributed by atoms with Gasteiger partial charge in [-0.05, 0) is 73.2 Å². The number of benzene rings is 2. The monoisotopic (exact) mass is 490 g/mol. The van der Waals surface area contributed by atoms with E-state index in [-0.39, 0.29) is 11.8 Å². The van der Waals surface area contributed by atoms with Crippen LogP contribution in [-0.4, -0.2) is 39.8 Å². The SMILES string of the molecule is Cc1ccc(C(=O)N2CCC(c3ccc4ncsc4c3)CC2)cc1NC(=O)c1ccc(Cl)nc1. The Hall–Kier alpha value is -3.29. The van der Waals surface area contributed by atoms with Crippen LogP contribution in [0.1, 0.15) is 50.6 Å². The van der Waals surface area contributed by atoms with Crippen LogP contribution in [0.15, 0.2) is 60.2 Å². The van der Waals surface area contributed by atoms with Gasteiger partial charge in [0.05, 0.1) is 21.3 Å². The highest BCUT2D eigenvalue weighted by molar-refractivity contribution is 7.16. The lowest BCUT2D eigenvalue weighted by Gasteiger charge is -2.32. The number of likely N-dealkylation sites (tertiary alicyclic amines) is 1. The Morgan fingerprint density at radius 2 is 1.82 bits per heavy atom. The summed E-state index contributed by atoms with van der Waals surface area (Å²) in [5, 5.41) is 3.22. The molecule has 6 nitrogen and oxygen atoms in total. The number of amides is 2. The van der Waals surface area contributed by atoms with Crippen LogP contribution in [0.2, 0.25) is 5.15 Å². The van der Waals surface area contributed by atoms with Gasteiger partial charge in [0.2, 0.25) is 0 Å². The van der Waals surface area contributed by atoms with E-state index in [1.165, 1.54) is 16.5 Å². The maximum absolute atomic E-state index is 13.2. The summed E-state index contributed by atoms with van der Waals surface area (Å²) in [6, 6.07) is 15.1. The maximum atomic E-state index is 13.2. The minimum atomic E-state index is -0.296. The van der Waals surface area contributed by atoms with Crippen molar-refractivity contribution in [3.8, 4) is 0 Å². The highest BCUT2D eigenvalue weighted by Crippen LogP contribution is 2.32. The van der Waals surface area contributed by atoms with Crippen LogP contribution in [0.5, 0.6) is 0 Å². The summed E-state index contributed by atoms with van der Waals surface area (Å²) >= 11 is 7.47. The first-order chi connectivity index (χ1) is 16.5. The standard InChI is InChI=1S/C26H23ClN4O2S/c1-16-2-3-19(12-22(16)30-25(32)20-5-7-24(27)28-14-20)26(33)31-10-8-17(9-11-31)18-4-6-21-23(13-18)34-15-29-21/h2-7,12-15,17H,8-11H2,1H3,(H,30,32). The first kappa shape index (κ1) is 22.5. The molecule has 1 aliphatic heterocycles. The highest BCUT2D eigenvalue weighted by atomic mass is 35.5. The van der Waals surface area contributed by atoms with Crippen molar-refractivity contribution in [3.05, 3.63) is 87.6 Å². The number of thiazole rings is 1. The summed E-state index contributed by atoms with van der Waals surface area (Å²) in [5.41, 5.74) is 6.69. The number of aromatic nitrogens is 2. The molecule has 0 radical (unpaired) electrons. The molecule has 1 N–H and O–H groups in total. The third-order valence-electron chi connectivity index (χ3n) is 6.33. The molecule has 172 valence electrons. The van der Waals surface area contributed by atoms with E-state index in [9.17, 15) is 9.59 Å². The second-order valence-corrected chi connectivity index (χ2v) is 9.77. The van der Waals surface area contributed by atoms with Crippen LogP contribution in [0, 0.1) is 6.92 Å². The molecule has 2 aromatic carbocycles. The number of hydrogen-bond donors (Lipinski definition) is 1. The molecule has 0 aliphatic carbocycles. The number of halogens is 1. The zero-order valence-corrected chi connectivity index (χ0v) is 20.2. The Morgan fingerprint density at radius 1 is 1.03 bits per heavy atom. The van der Waals surface area contributed by atoms with Gasteiger partial charge < -0.3 is 10.2 Å². The van der Waals surface area contributed by atoms with E-state index in [0.29, 0.717) is 41.0 Å². The smallest absolute Gasteiger partial charge is 0.257 e. The molecule has 2 aromatic heterocycles. The van der Waals surface area contributed by atoms with Gasteiger partial charge >= 0.3 is 0 Å². The second kappa shape index (κ2) is 9.52. The maximum Gasteiger partial charge on any atom is 0.257 e. The predicted octanol–water partition coefficient (Wildman–Crippen LogP) is 5.93. The normalized spacial score (nSPS) is 14.4. The van der Waals surface area contributed by atoms with Crippen molar-refractivity contribution in [1.82, 2.24) is 14.9 Å². The first-order valence-corrected chi connectivity index (χ1v) is 12.4. The zero-order chi connectivity index (χ0) is 23.7. The van der Waals surface area contributed by atoms with Crippen molar-refractivity contribution in [2.24, 2.45) is 0 Å². The van der Waals surface area contributed by atoms with Crippen LogP contribution in [0.3, 0.4) is 0 Å². The molecule has 0 spiro atoms. The molecular weight excluding hydrogens is 468 g/mol. The van der Waals surface area contributed by atoms with Crippen molar-refractivity contribution in [3.63, 3.8) is 0 Å². The van der Waals surface area contributed by atoms with Crippen LogP contribution in [0.4, 0.5) is 5.69 Å². The van der Waals surface area contributed by atoms with Crippen molar-refractivity contribution in [2.75, 3.05) is 18.4 Å². The fraction of sp³-hybridized carbons (Fsp3) is 0.231. The Kier molecular flexibility index (Phi) is 6.30. The lowest BCUT2D eigenvalue weighted by molar-refractivity contribution is 0.0712. The number of hydrogen-bond acceptors (Lipinski definition) is 5. The van der Waals surface area contributed by atoms with Crippen molar-refractivity contribution in [2.45, 2.75) is 25.7 Å². The Morgan fingerprint density at radius 3 is 2.59 bits per heavy atom. The summed E-state index contributed by atoms with van der Waals surface area (Å²) in [5.74, 6) is 0.131. The van der Waals surface area contributed by atoms with Gasteiger partial charge in [-0.3, -0.25) is 9.59 Å². The van der Waals surface area contributed by atoms with Crippen molar-refractivity contribution < 1.29 is 9.59 Å². The fourth-order valence-corrected chi connectivity index (χ4v) is 5.16. The van der Waals surface area contributed by atoms with E-state index in [0.717, 1.165) is 23.9 Å². The molecule has 1 aliphatic rings. The fourth-order valence-electron chi connectivity index (χ4n) is 4.32. The van der Waals surface area contributed by atoms with E-state index in [2.05, 4.69) is 33.5 Å². The molecule has 0 unspecified atom stereocenters. The van der Waals surface area contributed by atoms with Crippen LogP contribution >= 0.6 is 22.9 Å². The van der Waals surface area contributed by atoms with Gasteiger partial charge in [0.25, 0.3) is 11.8 Å². The number of anilines is 1. The Labute approximate surface area is 206 Å². The average molecular weight is 491 g/mol. The van der Waals surface area contributed by atoms with E-state index in [1.807, 2.05) is 29.5 Å². The molecule has 0 atom stereocenters. The molecule has 0 bridgehead atoms. The molecule has 4 aromatic rings. The summed E-state index contributed by atoms with van der Waals surface area (Å²) in [7, 11) is 0. The molecule has 1 fully saturated rings. The summed E-state index contributed by atoms with van der Waals surface area (Å²) in [4.78, 5) is 36.0. The number of rotatable bonds is 4. The molecule has 2 amide bonds. The largest absolute Gasteiger partial charge is 0.339 e. The quantitative estimate of drug-likeness (QED) is 0.360. The average Bonchev–Trinajstić information content (AvgIpc) is 3.33. The Bertz CT molecular complexity index is 1360. The number of nitrogens with one attached hydrogen (secondary N) is 1. The number of pyridine rings is 1. The van der Waals surface area contributed by atoms with Gasteiger partial charge in [0.1, 0.15) is 5.15 Å². The molecule has 3 heterocycles. The topological polar surface area (TPSA) is 75.2 Å². The van der Waals surface area contributed by atoms with Crippen molar-refractivity contribution >= 4 is 50.7 Å². The lowest BCUT2D eigenvalue weighted by atomic mass is 9.89. The van der Waals surface area contributed by atoms with E-state index in [4.69, 9.17) is 11.6 Å². The summed E-state index contributed by atoms with van der Waals surface area (Å²) < 4.78 is 1.21. The number of carbonyl (C=O) groups excluding carboxylic acids is 2. The highest BCUT2D eigenvalue weighted by Gasteiger charge is 2.25. The molecular formula is C26H23ClN4O2S. The third-order valence-corrected chi connectivity index (χ3v) is 7.35. The van der Waals surface area contributed by atoms with Gasteiger partial charge in [-0.2, -0.15) is 0 Å². The van der Waals surface area contributed by atoms with Gasteiger partial charge in [-0.1, -0.05) is 23.7 Å². The molecule has 0 saturated carbocycles. The van der Waals surface area contributed by atoms with Crippen LogP contribution < -0.4 is 5.32 Å². The minimum Gasteiger partial charge on any atom is -0.339 e. The third kappa shape index (κ3) is 4.67. The predicted molar refractivity (Wildman–Crippen MR) is 136 cm³/mol. The van der Waals surface area contributed by atoms with Gasteiger partial charge in [0.15, 0.2) is 0 Å². The van der Waals surface area contributed by atoms with Crippen LogP contribution in [-0.2, 0) is 0 Å². The van der Waals surface area contributed by atoms with E-state index in [1.54, 1.807) is 29.5 Å². The van der Waals surface area contributed by atoms with Crippen LogP contribution in [0.25, 0.3) is 10.2 Å².